The van der Waals surface area contributed by atoms with Crippen molar-refractivity contribution in [2.75, 3.05) is 5.32 Å². The molecule has 3 N–H and O–H groups in total. The van der Waals surface area contributed by atoms with Crippen molar-refractivity contribution in [3.05, 3.63) is 77.1 Å². The number of hydrogen-bond acceptors (Lipinski definition) is 2. The van der Waals surface area contributed by atoms with Crippen LogP contribution >= 0.6 is 24.0 Å². The fourth-order valence-electron chi connectivity index (χ4n) is 3.05. The zero-order valence-corrected chi connectivity index (χ0v) is 19.1. The van der Waals surface area contributed by atoms with E-state index in [0.717, 1.165) is 28.3 Å². The van der Waals surface area contributed by atoms with Crippen molar-refractivity contribution in [1.29, 1.82) is 0 Å². The largest absolute Gasteiger partial charge is 0.370 e. The van der Waals surface area contributed by atoms with Crippen molar-refractivity contribution >= 4 is 35.6 Å². The Labute approximate surface area is 184 Å². The van der Waals surface area contributed by atoms with E-state index in [1.807, 2.05) is 54.1 Å². The first kappa shape index (κ1) is 21.9. The van der Waals surface area contributed by atoms with Crippen LogP contribution in [0.2, 0.25) is 0 Å². The number of guanidine groups is 1. The molecule has 0 radical (unpaired) electrons. The van der Waals surface area contributed by atoms with Crippen LogP contribution in [0.5, 0.6) is 0 Å². The molecule has 0 atom stereocenters. The van der Waals surface area contributed by atoms with Gasteiger partial charge < -0.3 is 11.1 Å². The Kier molecular flexibility index (Phi) is 7.62. The summed E-state index contributed by atoms with van der Waals surface area (Å²) in [5.41, 5.74) is 12.5. The molecule has 0 saturated carbocycles. The number of nitrogens with zero attached hydrogens (tertiary/aromatic N) is 3. The number of para-hydroxylation sites is 1. The van der Waals surface area contributed by atoms with Gasteiger partial charge in [0.15, 0.2) is 5.96 Å². The third-order valence-corrected chi connectivity index (χ3v) is 4.68. The van der Waals surface area contributed by atoms with Crippen LogP contribution in [0.1, 0.15) is 42.3 Å². The molecule has 3 aromatic rings. The molecule has 1 heterocycles. The molecule has 148 valence electrons. The zero-order chi connectivity index (χ0) is 19.4. The minimum Gasteiger partial charge on any atom is -0.370 e. The maximum absolute atomic E-state index is 6.11. The van der Waals surface area contributed by atoms with Crippen LogP contribution in [0, 0.1) is 13.8 Å². The standard InChI is InChI=1S/C22H27N5.HI/c1-15(2)18-9-8-10-19(13-18)25-22(23)24-14-21-16(3)26-27(17(21)4)20-11-6-5-7-12-20;/h5-13,15H,14H2,1-4H3,(H3,23,24,25);1H. The number of nitrogens with two attached hydrogens (primary N) is 1. The van der Waals surface area contributed by atoms with Crippen molar-refractivity contribution in [2.45, 2.75) is 40.2 Å². The number of aliphatic imine (C=N–C) groups is 1. The Bertz CT molecular complexity index is 945. The smallest absolute Gasteiger partial charge is 0.193 e. The molecular weight excluding hydrogens is 461 g/mol. The van der Waals surface area contributed by atoms with Gasteiger partial charge in [-0.1, -0.05) is 44.2 Å². The van der Waals surface area contributed by atoms with Crippen molar-refractivity contribution in [2.24, 2.45) is 10.7 Å². The van der Waals surface area contributed by atoms with Gasteiger partial charge in [0, 0.05) is 16.9 Å². The molecule has 28 heavy (non-hydrogen) atoms. The monoisotopic (exact) mass is 489 g/mol. The molecule has 2 aromatic carbocycles. The molecule has 0 spiro atoms. The SMILES string of the molecule is Cc1nn(-c2ccccc2)c(C)c1CN=C(N)Nc1cccc(C(C)C)c1.I. The minimum atomic E-state index is 0. The Morgan fingerprint density at radius 3 is 2.50 bits per heavy atom. The molecule has 0 unspecified atom stereocenters. The fourth-order valence-corrected chi connectivity index (χ4v) is 3.05. The molecule has 1 aromatic heterocycles. The Morgan fingerprint density at radius 1 is 1.11 bits per heavy atom. The summed E-state index contributed by atoms with van der Waals surface area (Å²) >= 11 is 0. The van der Waals surface area contributed by atoms with Gasteiger partial charge in [0.05, 0.1) is 17.9 Å². The summed E-state index contributed by atoms with van der Waals surface area (Å²) in [6.07, 6.45) is 0. The summed E-state index contributed by atoms with van der Waals surface area (Å²) in [6.45, 7) is 8.91. The number of aromatic nitrogens is 2. The lowest BCUT2D eigenvalue weighted by molar-refractivity contribution is 0.832. The highest BCUT2D eigenvalue weighted by Crippen LogP contribution is 2.20. The third-order valence-electron chi connectivity index (χ3n) is 4.68. The van der Waals surface area contributed by atoms with E-state index in [4.69, 9.17) is 5.73 Å². The van der Waals surface area contributed by atoms with Gasteiger partial charge in [-0.05, 0) is 49.6 Å². The molecule has 0 aliphatic carbocycles. The first-order valence-corrected chi connectivity index (χ1v) is 9.23. The predicted molar refractivity (Wildman–Crippen MR) is 128 cm³/mol. The highest BCUT2D eigenvalue weighted by molar-refractivity contribution is 14.0. The number of halogens is 1. The van der Waals surface area contributed by atoms with E-state index in [1.165, 1.54) is 5.56 Å². The second-order valence-electron chi connectivity index (χ2n) is 7.00. The molecule has 0 bridgehead atoms. The van der Waals surface area contributed by atoms with Gasteiger partial charge in [0.2, 0.25) is 0 Å². The van der Waals surface area contributed by atoms with E-state index in [0.29, 0.717) is 18.4 Å². The molecule has 0 amide bonds. The van der Waals surface area contributed by atoms with Crippen LogP contribution < -0.4 is 11.1 Å². The highest BCUT2D eigenvalue weighted by atomic mass is 127. The van der Waals surface area contributed by atoms with Crippen molar-refractivity contribution in [1.82, 2.24) is 9.78 Å². The van der Waals surface area contributed by atoms with Crippen LogP contribution in [0.25, 0.3) is 5.69 Å². The van der Waals surface area contributed by atoms with E-state index >= 15 is 0 Å². The van der Waals surface area contributed by atoms with Gasteiger partial charge in [-0.15, -0.1) is 24.0 Å². The third kappa shape index (κ3) is 5.13. The van der Waals surface area contributed by atoms with E-state index in [9.17, 15) is 0 Å². The Hall–Kier alpha value is -2.35. The lowest BCUT2D eigenvalue weighted by Crippen LogP contribution is -2.22. The average Bonchev–Trinajstić information content (AvgIpc) is 2.95. The lowest BCUT2D eigenvalue weighted by Gasteiger charge is -2.10. The van der Waals surface area contributed by atoms with Gasteiger partial charge >= 0.3 is 0 Å². The predicted octanol–water partition coefficient (Wildman–Crippen LogP) is 5.16. The van der Waals surface area contributed by atoms with Gasteiger partial charge in [-0.25, -0.2) is 9.67 Å². The fraction of sp³-hybridized carbons (Fsp3) is 0.273. The Morgan fingerprint density at radius 2 is 1.82 bits per heavy atom. The number of benzene rings is 2. The van der Waals surface area contributed by atoms with Crippen molar-refractivity contribution in [3.63, 3.8) is 0 Å². The first-order chi connectivity index (χ1) is 13.0. The van der Waals surface area contributed by atoms with E-state index < -0.39 is 0 Å². The number of rotatable bonds is 5. The molecule has 0 aliphatic rings. The first-order valence-electron chi connectivity index (χ1n) is 9.23. The van der Waals surface area contributed by atoms with E-state index in [1.54, 1.807) is 0 Å². The molecule has 0 saturated heterocycles. The maximum atomic E-state index is 6.11. The topological polar surface area (TPSA) is 68.2 Å². The second kappa shape index (κ2) is 9.73. The molecular formula is C22H28IN5. The number of nitrogens with one attached hydrogen (secondary N) is 1. The summed E-state index contributed by atoms with van der Waals surface area (Å²) in [4.78, 5) is 4.52. The molecule has 5 nitrogen and oxygen atoms in total. The molecule has 3 rings (SSSR count). The summed E-state index contributed by atoms with van der Waals surface area (Å²) in [7, 11) is 0. The second-order valence-corrected chi connectivity index (χ2v) is 7.00. The van der Waals surface area contributed by atoms with Crippen LogP contribution in [-0.4, -0.2) is 15.7 Å². The van der Waals surface area contributed by atoms with Gasteiger partial charge in [-0.3, -0.25) is 0 Å². The van der Waals surface area contributed by atoms with Gasteiger partial charge in [-0.2, -0.15) is 5.10 Å². The maximum Gasteiger partial charge on any atom is 0.193 e. The molecule has 6 heteroatoms. The quantitative estimate of drug-likeness (QED) is 0.296. The summed E-state index contributed by atoms with van der Waals surface area (Å²) in [6, 6.07) is 18.4. The normalized spacial score (nSPS) is 11.4. The Balaban J connectivity index is 0.00000280. The number of aryl methyl sites for hydroxylation is 1. The van der Waals surface area contributed by atoms with Crippen LogP contribution in [0.3, 0.4) is 0 Å². The molecule has 0 aliphatic heterocycles. The van der Waals surface area contributed by atoms with Gasteiger partial charge in [0.25, 0.3) is 0 Å². The summed E-state index contributed by atoms with van der Waals surface area (Å²) in [5.74, 6) is 0.876. The number of hydrogen-bond donors (Lipinski definition) is 2. The van der Waals surface area contributed by atoms with Crippen LogP contribution in [0.4, 0.5) is 5.69 Å². The van der Waals surface area contributed by atoms with E-state index in [-0.39, 0.29) is 24.0 Å². The average molecular weight is 489 g/mol. The lowest BCUT2D eigenvalue weighted by atomic mass is 10.0. The number of anilines is 1. The van der Waals surface area contributed by atoms with Gasteiger partial charge in [0.1, 0.15) is 0 Å². The van der Waals surface area contributed by atoms with Crippen molar-refractivity contribution < 1.29 is 0 Å². The van der Waals surface area contributed by atoms with Crippen LogP contribution in [-0.2, 0) is 6.54 Å². The summed E-state index contributed by atoms with van der Waals surface area (Å²) < 4.78 is 1.95. The summed E-state index contributed by atoms with van der Waals surface area (Å²) in [5, 5.41) is 7.84. The highest BCUT2D eigenvalue weighted by Gasteiger charge is 2.12. The van der Waals surface area contributed by atoms with E-state index in [2.05, 4.69) is 48.3 Å². The zero-order valence-electron chi connectivity index (χ0n) is 16.8. The van der Waals surface area contributed by atoms with Crippen molar-refractivity contribution in [3.8, 4) is 5.69 Å². The molecule has 0 fully saturated rings. The van der Waals surface area contributed by atoms with Crippen LogP contribution in [0.15, 0.2) is 59.6 Å². The minimum absolute atomic E-state index is 0.